The van der Waals surface area contributed by atoms with Gasteiger partial charge in [0, 0.05) is 106 Å². The molecule has 74 heavy (non-hydrogen) atoms. The van der Waals surface area contributed by atoms with Crippen molar-refractivity contribution in [3.8, 4) is 28.8 Å². The van der Waals surface area contributed by atoms with Crippen LogP contribution in [0, 0.1) is 31.1 Å². The molecule has 4 aromatic carbocycles. The average Bonchev–Trinajstić information content (AvgIpc) is 3.87. The van der Waals surface area contributed by atoms with Crippen molar-refractivity contribution < 1.29 is 29.0 Å². The molecule has 1 N–H and O–H groups in total. The number of carbonyl (C=O) groups is 3. The standard InChI is InChI=1S/C60H68N8O6/c1-40-9-8-21-65(36-40)39-50-30-44-10-6-7-11-46(44)38-67(50)59(71)55-32-47-37-66(58(70)29-43-12-18-52(19-13-43)74-28-25-64-23-26-73-27-24-64)22-20-45(47)31-54(55)57-34-53(41(2)63(57)5)60(72)68(48-14-16-51(69)17-15-48)56-33-49(35-61)62(4)42(56)3/h6-7,10-19,31-34,40,50,69H,8-9,20-30,36-39H2,1-5H3/t40-,50-/m0/s1. The van der Waals surface area contributed by atoms with E-state index in [4.69, 9.17) is 9.47 Å². The summed E-state index contributed by atoms with van der Waals surface area (Å²) in [6.07, 6.45) is 3.95. The van der Waals surface area contributed by atoms with Crippen LogP contribution < -0.4 is 9.64 Å². The SMILES string of the molecule is Cc1c(N(C(=O)c2cc(-c3cc4c(cc3C(=O)N3Cc5ccccc5C[C@H]3CN3CCC[C@H](C)C3)CN(C(=O)Cc3ccc(OCCN5CCOCC5)cc3)CC4)n(C)c2C)c2ccc(O)cc2)cc(C#N)n1C. The number of piperidine rings is 1. The Balaban J connectivity index is 0.989. The molecule has 2 fully saturated rings. The molecule has 4 aliphatic rings. The zero-order chi connectivity index (χ0) is 51.6. The highest BCUT2D eigenvalue weighted by Crippen LogP contribution is 2.39. The second-order valence-corrected chi connectivity index (χ2v) is 20.8. The molecular formula is C60H68N8O6. The highest BCUT2D eigenvalue weighted by atomic mass is 16.5. The largest absolute Gasteiger partial charge is 0.508 e. The molecule has 384 valence electrons. The summed E-state index contributed by atoms with van der Waals surface area (Å²) in [6.45, 7) is 15.0. The molecule has 2 saturated heterocycles. The number of rotatable bonds is 13. The van der Waals surface area contributed by atoms with Gasteiger partial charge in [0.1, 0.15) is 29.9 Å². The van der Waals surface area contributed by atoms with Crippen LogP contribution in [0.25, 0.3) is 11.3 Å². The third-order valence-corrected chi connectivity index (χ3v) is 16.0. The summed E-state index contributed by atoms with van der Waals surface area (Å²) in [5, 5.41) is 20.3. The lowest BCUT2D eigenvalue weighted by molar-refractivity contribution is -0.131. The summed E-state index contributed by atoms with van der Waals surface area (Å²) in [5.41, 5.74) is 10.6. The molecule has 3 amide bonds. The Labute approximate surface area is 434 Å². The first-order valence-corrected chi connectivity index (χ1v) is 26.3. The number of aromatic nitrogens is 2. The van der Waals surface area contributed by atoms with Gasteiger partial charge in [-0.1, -0.05) is 43.3 Å². The number of phenols is 1. The maximum absolute atomic E-state index is 15.9. The lowest BCUT2D eigenvalue weighted by Crippen LogP contribution is -2.51. The highest BCUT2D eigenvalue weighted by molar-refractivity contribution is 6.13. The minimum Gasteiger partial charge on any atom is -0.508 e. The molecule has 14 nitrogen and oxygen atoms in total. The molecule has 0 bridgehead atoms. The molecule has 0 aliphatic carbocycles. The Bertz CT molecular complexity index is 3090. The summed E-state index contributed by atoms with van der Waals surface area (Å²) in [6, 6.07) is 32.7. The molecule has 2 aromatic heterocycles. The van der Waals surface area contributed by atoms with Gasteiger partial charge < -0.3 is 38.4 Å². The number of nitriles is 1. The molecule has 10 rings (SSSR count). The van der Waals surface area contributed by atoms with E-state index in [1.807, 2.05) is 72.8 Å². The Kier molecular flexibility index (Phi) is 14.8. The predicted octanol–water partition coefficient (Wildman–Crippen LogP) is 8.34. The first kappa shape index (κ1) is 50.4. The fourth-order valence-corrected chi connectivity index (χ4v) is 11.5. The summed E-state index contributed by atoms with van der Waals surface area (Å²) in [4.78, 5) is 55.7. The van der Waals surface area contributed by atoms with Crippen LogP contribution in [0.4, 0.5) is 11.4 Å². The van der Waals surface area contributed by atoms with Crippen molar-refractivity contribution in [3.63, 3.8) is 0 Å². The normalized spacial score (nSPS) is 18.1. The van der Waals surface area contributed by atoms with E-state index in [0.29, 0.717) is 72.5 Å². The molecule has 6 aromatic rings. The van der Waals surface area contributed by atoms with Crippen LogP contribution >= 0.6 is 0 Å². The number of hydrogen-bond donors (Lipinski definition) is 1. The van der Waals surface area contributed by atoms with Crippen molar-refractivity contribution in [3.05, 3.63) is 153 Å². The number of ether oxygens (including phenoxy) is 2. The molecule has 0 saturated carbocycles. The lowest BCUT2D eigenvalue weighted by atomic mass is 9.89. The second kappa shape index (κ2) is 21.7. The first-order chi connectivity index (χ1) is 35.8. The lowest BCUT2D eigenvalue weighted by Gasteiger charge is -2.41. The Morgan fingerprint density at radius 1 is 0.811 bits per heavy atom. The number of morpholine rings is 1. The van der Waals surface area contributed by atoms with E-state index in [-0.39, 0.29) is 35.9 Å². The van der Waals surface area contributed by atoms with Crippen LogP contribution in [-0.2, 0) is 56.0 Å². The maximum atomic E-state index is 15.9. The monoisotopic (exact) mass is 997 g/mol. The van der Waals surface area contributed by atoms with Gasteiger partial charge in [-0.25, -0.2) is 0 Å². The van der Waals surface area contributed by atoms with Gasteiger partial charge in [-0.2, -0.15) is 5.26 Å². The Morgan fingerprint density at radius 2 is 1.57 bits per heavy atom. The number of aromatic hydroxyl groups is 1. The number of anilines is 2. The smallest absolute Gasteiger partial charge is 0.264 e. The number of carbonyl (C=O) groups excluding carboxylic acids is 3. The average molecular weight is 997 g/mol. The number of nitrogens with zero attached hydrogens (tertiary/aromatic N) is 8. The summed E-state index contributed by atoms with van der Waals surface area (Å²) < 4.78 is 15.3. The zero-order valence-electron chi connectivity index (χ0n) is 43.5. The topological polar surface area (TPSA) is 140 Å². The summed E-state index contributed by atoms with van der Waals surface area (Å²) >= 11 is 0. The van der Waals surface area contributed by atoms with Gasteiger partial charge in [-0.3, -0.25) is 24.2 Å². The van der Waals surface area contributed by atoms with E-state index in [0.717, 1.165) is 110 Å². The Hall–Kier alpha value is -7.18. The van der Waals surface area contributed by atoms with E-state index in [1.165, 1.54) is 12.0 Å². The van der Waals surface area contributed by atoms with Gasteiger partial charge in [-0.05, 0) is 140 Å². The second-order valence-electron chi connectivity index (χ2n) is 20.8. The van der Waals surface area contributed by atoms with Gasteiger partial charge in [0.25, 0.3) is 11.8 Å². The highest BCUT2D eigenvalue weighted by Gasteiger charge is 2.36. The fourth-order valence-electron chi connectivity index (χ4n) is 11.5. The fraction of sp³-hybridized carbons (Fsp3) is 0.400. The maximum Gasteiger partial charge on any atom is 0.264 e. The summed E-state index contributed by atoms with van der Waals surface area (Å²) in [7, 11) is 3.73. The number of amides is 3. The van der Waals surface area contributed by atoms with E-state index in [2.05, 4.69) is 52.0 Å². The zero-order valence-corrected chi connectivity index (χ0v) is 43.5. The van der Waals surface area contributed by atoms with Gasteiger partial charge in [0.2, 0.25) is 5.91 Å². The number of benzene rings is 4. The number of likely N-dealkylation sites (tertiary alicyclic amines) is 1. The molecule has 2 atom stereocenters. The Morgan fingerprint density at radius 3 is 2.30 bits per heavy atom. The van der Waals surface area contributed by atoms with E-state index < -0.39 is 0 Å². The van der Waals surface area contributed by atoms with Crippen LogP contribution in [0.5, 0.6) is 11.5 Å². The van der Waals surface area contributed by atoms with E-state index >= 15 is 9.59 Å². The van der Waals surface area contributed by atoms with Gasteiger partial charge in [-0.15, -0.1) is 0 Å². The van der Waals surface area contributed by atoms with E-state index in [1.54, 1.807) is 46.8 Å². The molecule has 6 heterocycles. The molecule has 14 heteroatoms. The van der Waals surface area contributed by atoms with Crippen molar-refractivity contribution in [2.24, 2.45) is 20.0 Å². The molecule has 4 aliphatic heterocycles. The quantitative estimate of drug-likeness (QED) is 0.121. The van der Waals surface area contributed by atoms with Crippen molar-refractivity contribution in [2.45, 2.75) is 72.0 Å². The van der Waals surface area contributed by atoms with Crippen LogP contribution in [0.3, 0.4) is 0 Å². The van der Waals surface area contributed by atoms with Crippen LogP contribution in [0.1, 0.15) is 85.4 Å². The van der Waals surface area contributed by atoms with Gasteiger partial charge >= 0.3 is 0 Å². The van der Waals surface area contributed by atoms with Gasteiger partial charge in [0.05, 0.1) is 30.9 Å². The minimum absolute atomic E-state index is 0.0204. The minimum atomic E-state index is -0.317. The molecule has 0 spiro atoms. The number of fused-ring (bicyclic) bond motifs is 2. The molecule has 0 unspecified atom stereocenters. The number of phenolic OH excluding ortho intramolecular Hbond substituents is 1. The van der Waals surface area contributed by atoms with Crippen LogP contribution in [0.15, 0.2) is 97.1 Å². The van der Waals surface area contributed by atoms with Gasteiger partial charge in [0.15, 0.2) is 0 Å². The third-order valence-electron chi connectivity index (χ3n) is 16.0. The first-order valence-electron chi connectivity index (χ1n) is 26.3. The predicted molar refractivity (Wildman–Crippen MR) is 286 cm³/mol. The molecule has 0 radical (unpaired) electrons. The van der Waals surface area contributed by atoms with Crippen LogP contribution in [-0.4, -0.2) is 123 Å². The van der Waals surface area contributed by atoms with Crippen molar-refractivity contribution >= 4 is 29.1 Å². The van der Waals surface area contributed by atoms with Crippen molar-refractivity contribution in [1.82, 2.24) is 28.7 Å². The van der Waals surface area contributed by atoms with Crippen molar-refractivity contribution in [2.75, 3.05) is 70.5 Å². The van der Waals surface area contributed by atoms with E-state index in [9.17, 15) is 15.2 Å². The molecular weight excluding hydrogens is 929 g/mol. The summed E-state index contributed by atoms with van der Waals surface area (Å²) in [5.74, 6) is 1.06. The third kappa shape index (κ3) is 10.5. The van der Waals surface area contributed by atoms with Crippen LogP contribution in [0.2, 0.25) is 0 Å². The van der Waals surface area contributed by atoms with Crippen molar-refractivity contribution in [1.29, 1.82) is 5.26 Å². The number of hydrogen-bond acceptors (Lipinski definition) is 9.